The molecule has 1 aliphatic heterocycles. The van der Waals surface area contributed by atoms with Crippen LogP contribution in [0.5, 0.6) is 5.75 Å². The maximum absolute atomic E-state index is 12.9. The van der Waals surface area contributed by atoms with E-state index in [0.717, 1.165) is 5.56 Å². The van der Waals surface area contributed by atoms with Crippen LogP contribution < -0.4 is 10.5 Å². The van der Waals surface area contributed by atoms with Crippen LogP contribution in [-0.4, -0.2) is 45.1 Å². The zero-order valence-electron chi connectivity index (χ0n) is 12.6. The first kappa shape index (κ1) is 16.2. The van der Waals surface area contributed by atoms with Gasteiger partial charge in [0.2, 0.25) is 10.0 Å². The third-order valence-electron chi connectivity index (χ3n) is 3.47. The maximum Gasteiger partial charge on any atom is 0.246 e. The zero-order valence-corrected chi connectivity index (χ0v) is 13.4. The third kappa shape index (κ3) is 3.37. The smallest absolute Gasteiger partial charge is 0.246 e. The molecule has 2 N–H and O–H groups in total. The van der Waals surface area contributed by atoms with Crippen LogP contribution in [0.3, 0.4) is 0 Å². The lowest BCUT2D eigenvalue weighted by atomic mass is 10.2. The van der Waals surface area contributed by atoms with Gasteiger partial charge in [-0.1, -0.05) is 6.07 Å². The Morgan fingerprint density at radius 1 is 1.33 bits per heavy atom. The Hall–Kier alpha value is -1.15. The Bertz CT molecular complexity index is 593. The van der Waals surface area contributed by atoms with Crippen molar-refractivity contribution in [3.8, 4) is 5.75 Å². The summed E-state index contributed by atoms with van der Waals surface area (Å²) in [6.07, 6.45) is -0.264. The van der Waals surface area contributed by atoms with Gasteiger partial charge in [-0.15, -0.1) is 0 Å². The fraction of sp³-hybridized carbons (Fsp3) is 0.571. The van der Waals surface area contributed by atoms with Crippen LogP contribution in [0.4, 0.5) is 0 Å². The quantitative estimate of drug-likeness (QED) is 0.895. The fourth-order valence-electron chi connectivity index (χ4n) is 2.52. The van der Waals surface area contributed by atoms with Crippen LogP contribution >= 0.6 is 0 Å². The molecule has 1 aromatic carbocycles. The lowest BCUT2D eigenvalue weighted by molar-refractivity contribution is -0.0441. The van der Waals surface area contributed by atoms with Crippen LogP contribution in [0.15, 0.2) is 23.1 Å². The minimum Gasteiger partial charge on any atom is -0.495 e. The summed E-state index contributed by atoms with van der Waals surface area (Å²) >= 11 is 0. The molecule has 1 saturated heterocycles. The molecule has 2 unspecified atom stereocenters. The van der Waals surface area contributed by atoms with Gasteiger partial charge in [0, 0.05) is 19.6 Å². The van der Waals surface area contributed by atoms with Crippen LogP contribution in [0.2, 0.25) is 0 Å². The SMILES string of the molecule is COc1ccc(CN)cc1S(=O)(=O)N1CC(C)OC(C)C1. The first-order valence-electron chi connectivity index (χ1n) is 6.91. The second kappa shape index (κ2) is 6.31. The molecule has 2 atom stereocenters. The van der Waals surface area contributed by atoms with E-state index in [0.29, 0.717) is 18.8 Å². The van der Waals surface area contributed by atoms with Gasteiger partial charge in [-0.25, -0.2) is 8.42 Å². The molecule has 1 fully saturated rings. The lowest BCUT2D eigenvalue weighted by Crippen LogP contribution is -2.48. The van der Waals surface area contributed by atoms with Crippen molar-refractivity contribution in [3.63, 3.8) is 0 Å². The number of hydrogen-bond donors (Lipinski definition) is 1. The molecule has 0 bridgehead atoms. The summed E-state index contributed by atoms with van der Waals surface area (Å²) in [4.78, 5) is 0.161. The molecule has 1 aliphatic rings. The van der Waals surface area contributed by atoms with E-state index < -0.39 is 10.0 Å². The number of nitrogens with two attached hydrogens (primary N) is 1. The monoisotopic (exact) mass is 314 g/mol. The van der Waals surface area contributed by atoms with Crippen molar-refractivity contribution in [2.45, 2.75) is 37.5 Å². The van der Waals surface area contributed by atoms with E-state index in [9.17, 15) is 8.42 Å². The van der Waals surface area contributed by atoms with E-state index in [1.54, 1.807) is 18.2 Å². The second-order valence-corrected chi connectivity index (χ2v) is 7.18. The topological polar surface area (TPSA) is 81.9 Å². The number of ether oxygens (including phenoxy) is 2. The van der Waals surface area contributed by atoms with Crippen LogP contribution in [0.1, 0.15) is 19.4 Å². The molecular weight excluding hydrogens is 292 g/mol. The molecule has 6 nitrogen and oxygen atoms in total. The van der Waals surface area contributed by atoms with Gasteiger partial charge in [-0.3, -0.25) is 0 Å². The molecule has 2 rings (SSSR count). The minimum absolute atomic E-state index is 0.132. The number of methoxy groups -OCH3 is 1. The molecule has 118 valence electrons. The predicted octanol–water partition coefficient (Wildman–Crippen LogP) is 0.952. The molecule has 0 aliphatic carbocycles. The van der Waals surface area contributed by atoms with Crippen molar-refractivity contribution >= 4 is 10.0 Å². The van der Waals surface area contributed by atoms with Gasteiger partial charge in [0.15, 0.2) is 0 Å². The Labute approximate surface area is 125 Å². The summed E-state index contributed by atoms with van der Waals surface area (Å²) in [5.41, 5.74) is 6.36. The maximum atomic E-state index is 12.9. The molecule has 7 heteroatoms. The summed E-state index contributed by atoms with van der Waals surface area (Å²) in [6, 6.07) is 4.99. The van der Waals surface area contributed by atoms with Gasteiger partial charge in [0.05, 0.1) is 19.3 Å². The van der Waals surface area contributed by atoms with Crippen molar-refractivity contribution in [1.82, 2.24) is 4.31 Å². The summed E-state index contributed by atoms with van der Waals surface area (Å²) < 4.78 is 38.0. The molecular formula is C14H22N2O4S. The standard InChI is InChI=1S/C14H22N2O4S/c1-10-8-16(9-11(2)20-10)21(17,18)14-6-12(7-15)4-5-13(14)19-3/h4-6,10-11H,7-9,15H2,1-3H3. The molecule has 1 heterocycles. The minimum atomic E-state index is -3.63. The average molecular weight is 314 g/mol. The van der Waals surface area contributed by atoms with E-state index >= 15 is 0 Å². The highest BCUT2D eigenvalue weighted by molar-refractivity contribution is 7.89. The van der Waals surface area contributed by atoms with Gasteiger partial charge in [-0.05, 0) is 31.5 Å². The molecule has 1 aromatic rings. The number of nitrogens with zero attached hydrogens (tertiary/aromatic N) is 1. The van der Waals surface area contributed by atoms with Crippen molar-refractivity contribution in [1.29, 1.82) is 0 Å². The summed E-state index contributed by atoms with van der Waals surface area (Å²) in [6.45, 7) is 4.69. The van der Waals surface area contributed by atoms with Gasteiger partial charge < -0.3 is 15.2 Å². The van der Waals surface area contributed by atoms with E-state index in [4.69, 9.17) is 15.2 Å². The highest BCUT2D eigenvalue weighted by Crippen LogP contribution is 2.29. The van der Waals surface area contributed by atoms with Gasteiger partial charge in [-0.2, -0.15) is 4.31 Å². The Morgan fingerprint density at radius 2 is 1.95 bits per heavy atom. The molecule has 21 heavy (non-hydrogen) atoms. The molecule has 0 saturated carbocycles. The van der Waals surface area contributed by atoms with Crippen LogP contribution in [-0.2, 0) is 21.3 Å². The van der Waals surface area contributed by atoms with Crippen molar-refractivity contribution < 1.29 is 17.9 Å². The molecule has 0 radical (unpaired) electrons. The number of rotatable bonds is 4. The predicted molar refractivity (Wildman–Crippen MR) is 79.7 cm³/mol. The van der Waals surface area contributed by atoms with E-state index in [-0.39, 0.29) is 23.6 Å². The van der Waals surface area contributed by atoms with Crippen molar-refractivity contribution in [2.75, 3.05) is 20.2 Å². The number of sulfonamides is 1. The molecule has 0 aromatic heterocycles. The van der Waals surface area contributed by atoms with Crippen LogP contribution in [0, 0.1) is 0 Å². The summed E-state index contributed by atoms with van der Waals surface area (Å²) in [7, 11) is -2.17. The Balaban J connectivity index is 2.43. The largest absolute Gasteiger partial charge is 0.495 e. The van der Waals surface area contributed by atoms with Crippen molar-refractivity contribution in [3.05, 3.63) is 23.8 Å². The van der Waals surface area contributed by atoms with E-state index in [1.165, 1.54) is 11.4 Å². The van der Waals surface area contributed by atoms with E-state index in [1.807, 2.05) is 13.8 Å². The Kier molecular flexibility index (Phi) is 4.88. The first-order valence-corrected chi connectivity index (χ1v) is 8.35. The summed E-state index contributed by atoms with van der Waals surface area (Å²) in [5.74, 6) is 0.332. The summed E-state index contributed by atoms with van der Waals surface area (Å²) in [5, 5.41) is 0. The van der Waals surface area contributed by atoms with Gasteiger partial charge in [0.25, 0.3) is 0 Å². The highest BCUT2D eigenvalue weighted by atomic mass is 32.2. The second-order valence-electron chi connectivity index (χ2n) is 5.27. The normalized spacial score (nSPS) is 24.0. The number of benzene rings is 1. The number of hydrogen-bond acceptors (Lipinski definition) is 5. The van der Waals surface area contributed by atoms with Gasteiger partial charge >= 0.3 is 0 Å². The van der Waals surface area contributed by atoms with Crippen molar-refractivity contribution in [2.24, 2.45) is 5.73 Å². The molecule has 0 amide bonds. The van der Waals surface area contributed by atoms with Crippen LogP contribution in [0.25, 0.3) is 0 Å². The average Bonchev–Trinajstić information content (AvgIpc) is 2.45. The van der Waals surface area contributed by atoms with Gasteiger partial charge in [0.1, 0.15) is 10.6 Å². The third-order valence-corrected chi connectivity index (χ3v) is 5.32. The highest BCUT2D eigenvalue weighted by Gasteiger charge is 2.34. The fourth-order valence-corrected chi connectivity index (χ4v) is 4.31. The van der Waals surface area contributed by atoms with E-state index in [2.05, 4.69) is 0 Å². The molecule has 0 spiro atoms. The first-order chi connectivity index (χ1) is 9.88. The number of morpholine rings is 1. The Morgan fingerprint density at radius 3 is 2.48 bits per heavy atom. The lowest BCUT2D eigenvalue weighted by Gasteiger charge is -2.34. The zero-order chi connectivity index (χ0) is 15.6.